The number of hydrogen-bond donors (Lipinski definition) is 2. The molecule has 2 N–H and O–H groups in total. The molecule has 29 heavy (non-hydrogen) atoms. The lowest BCUT2D eigenvalue weighted by Crippen LogP contribution is -2.50. The fourth-order valence-corrected chi connectivity index (χ4v) is 4.00. The van der Waals surface area contributed by atoms with Gasteiger partial charge in [-0.25, -0.2) is 0 Å². The highest BCUT2D eigenvalue weighted by molar-refractivity contribution is 14.0. The zero-order valence-corrected chi connectivity index (χ0v) is 21.2. The molecule has 1 fully saturated rings. The zero-order chi connectivity index (χ0) is 20.4. The number of benzene rings is 1. The predicted molar refractivity (Wildman–Crippen MR) is 134 cm³/mol. The Bertz CT molecular complexity index is 621. The lowest BCUT2D eigenvalue weighted by Gasteiger charge is -2.33. The molecule has 1 atom stereocenters. The first-order valence-corrected chi connectivity index (χ1v) is 11.0. The van der Waals surface area contributed by atoms with Crippen LogP contribution in [0, 0.1) is 0 Å². The largest absolute Gasteiger partial charge is 0.357 e. The number of carbonyl (C=O) groups is 1. The van der Waals surface area contributed by atoms with Gasteiger partial charge in [-0.15, -0.1) is 35.7 Å². The first-order valence-electron chi connectivity index (χ1n) is 10.2. The Morgan fingerprint density at radius 2 is 1.93 bits per heavy atom. The van der Waals surface area contributed by atoms with Crippen molar-refractivity contribution in [2.75, 3.05) is 46.8 Å². The molecule has 1 unspecified atom stereocenters. The molecular weight excluding hydrogens is 497 g/mol. The fraction of sp³-hybridized carbons (Fsp3) is 0.619. The van der Waals surface area contributed by atoms with Gasteiger partial charge in [-0.1, -0.05) is 25.1 Å². The number of aliphatic imine (C=N–C) groups is 1. The minimum atomic E-state index is 0. The maximum atomic E-state index is 11.9. The van der Waals surface area contributed by atoms with Crippen molar-refractivity contribution in [3.63, 3.8) is 0 Å². The fourth-order valence-electron chi connectivity index (χ4n) is 3.07. The number of halogens is 1. The average Bonchev–Trinajstić information content (AvgIpc) is 2.68. The van der Waals surface area contributed by atoms with E-state index in [4.69, 9.17) is 4.99 Å². The molecule has 1 aliphatic rings. The summed E-state index contributed by atoms with van der Waals surface area (Å²) < 4.78 is 0. The van der Waals surface area contributed by atoms with Crippen LogP contribution in [0.3, 0.4) is 0 Å². The van der Waals surface area contributed by atoms with Crippen molar-refractivity contribution in [1.82, 2.24) is 20.4 Å². The van der Waals surface area contributed by atoms with Crippen LogP contribution >= 0.6 is 35.7 Å². The number of hydrogen-bond acceptors (Lipinski definition) is 4. The third-order valence-corrected chi connectivity index (χ3v) is 5.81. The average molecular weight is 534 g/mol. The van der Waals surface area contributed by atoms with Crippen molar-refractivity contribution in [3.05, 3.63) is 30.3 Å². The quantitative estimate of drug-likeness (QED) is 0.233. The first-order chi connectivity index (χ1) is 13.5. The summed E-state index contributed by atoms with van der Waals surface area (Å²) in [6.07, 6.45) is 2.05. The molecule has 1 heterocycles. The van der Waals surface area contributed by atoms with Crippen LogP contribution in [-0.4, -0.2) is 79.8 Å². The summed E-state index contributed by atoms with van der Waals surface area (Å²) >= 11 is 1.85. The second-order valence-electron chi connectivity index (χ2n) is 7.44. The van der Waals surface area contributed by atoms with Crippen molar-refractivity contribution in [2.24, 2.45) is 4.99 Å². The summed E-state index contributed by atoms with van der Waals surface area (Å²) in [6, 6.07) is 10.9. The molecule has 1 aromatic carbocycles. The summed E-state index contributed by atoms with van der Waals surface area (Å²) in [4.78, 5) is 21.8. The van der Waals surface area contributed by atoms with Gasteiger partial charge in [0.05, 0.1) is 13.1 Å². The molecule has 0 bridgehead atoms. The maximum absolute atomic E-state index is 11.9. The lowest BCUT2D eigenvalue weighted by molar-refractivity contribution is -0.130. The summed E-state index contributed by atoms with van der Waals surface area (Å²) in [5.41, 5.74) is 0. The predicted octanol–water partition coefficient (Wildman–Crippen LogP) is 2.89. The molecule has 6 nitrogen and oxygen atoms in total. The number of guanidine groups is 1. The minimum Gasteiger partial charge on any atom is -0.357 e. The summed E-state index contributed by atoms with van der Waals surface area (Å²) in [5, 5.41) is 7.36. The molecule has 2 rings (SSSR count). The molecule has 1 amide bonds. The molecular formula is C21H36IN5OS. The van der Waals surface area contributed by atoms with E-state index in [-0.39, 0.29) is 29.9 Å². The molecule has 0 aliphatic carbocycles. The van der Waals surface area contributed by atoms with E-state index in [2.05, 4.69) is 53.6 Å². The van der Waals surface area contributed by atoms with Gasteiger partial charge < -0.3 is 15.5 Å². The van der Waals surface area contributed by atoms with E-state index < -0.39 is 0 Å². The highest BCUT2D eigenvalue weighted by Crippen LogP contribution is 2.22. The maximum Gasteiger partial charge on any atom is 0.236 e. The molecule has 0 spiro atoms. The Kier molecular flexibility index (Phi) is 12.6. The lowest BCUT2D eigenvalue weighted by atomic mass is 10.1. The Balaban J connectivity index is 0.00000420. The number of likely N-dealkylation sites (tertiary alicyclic amines) is 1. The van der Waals surface area contributed by atoms with Crippen LogP contribution in [-0.2, 0) is 4.79 Å². The normalized spacial score (nSPS) is 16.6. The third kappa shape index (κ3) is 10.0. The van der Waals surface area contributed by atoms with Crippen LogP contribution < -0.4 is 10.6 Å². The third-order valence-electron chi connectivity index (χ3n) is 4.72. The van der Waals surface area contributed by atoms with E-state index in [0.29, 0.717) is 17.8 Å². The van der Waals surface area contributed by atoms with Crippen LogP contribution in [0.4, 0.5) is 0 Å². The van der Waals surface area contributed by atoms with Gasteiger partial charge in [0, 0.05) is 49.9 Å². The number of amides is 1. The smallest absolute Gasteiger partial charge is 0.236 e. The van der Waals surface area contributed by atoms with Crippen molar-refractivity contribution in [2.45, 2.75) is 42.9 Å². The van der Waals surface area contributed by atoms with E-state index in [1.54, 1.807) is 4.90 Å². The van der Waals surface area contributed by atoms with E-state index >= 15 is 0 Å². The number of rotatable bonds is 8. The van der Waals surface area contributed by atoms with Gasteiger partial charge in [-0.3, -0.25) is 14.7 Å². The molecule has 164 valence electrons. The van der Waals surface area contributed by atoms with Crippen LogP contribution in [0.15, 0.2) is 40.2 Å². The molecule has 0 radical (unpaired) electrons. The van der Waals surface area contributed by atoms with Crippen molar-refractivity contribution >= 4 is 47.6 Å². The second kappa shape index (κ2) is 14.1. The van der Waals surface area contributed by atoms with Gasteiger partial charge in [0.2, 0.25) is 5.91 Å². The highest BCUT2D eigenvalue weighted by atomic mass is 127. The number of nitrogens with zero attached hydrogens (tertiary/aromatic N) is 3. The number of carbonyl (C=O) groups excluding carboxylic acids is 1. The molecule has 0 saturated carbocycles. The van der Waals surface area contributed by atoms with E-state index in [1.165, 1.54) is 4.90 Å². The highest BCUT2D eigenvalue weighted by Gasteiger charge is 2.22. The van der Waals surface area contributed by atoms with Crippen molar-refractivity contribution in [3.8, 4) is 0 Å². The topological polar surface area (TPSA) is 60.0 Å². The number of piperidine rings is 1. The SMILES string of the molecule is CCNC(=NCC(C)Sc1ccccc1)NC1CCN(CC(=O)N(C)C)CC1.I. The van der Waals surface area contributed by atoms with Gasteiger partial charge in [0.1, 0.15) is 0 Å². The summed E-state index contributed by atoms with van der Waals surface area (Å²) in [6.45, 7) is 8.32. The van der Waals surface area contributed by atoms with Gasteiger partial charge in [0.15, 0.2) is 5.96 Å². The molecule has 0 aromatic heterocycles. The minimum absolute atomic E-state index is 0. The van der Waals surface area contributed by atoms with Crippen molar-refractivity contribution < 1.29 is 4.79 Å². The van der Waals surface area contributed by atoms with Gasteiger partial charge in [-0.2, -0.15) is 0 Å². The Hall–Kier alpha value is -1.00. The van der Waals surface area contributed by atoms with Crippen LogP contribution in [0.2, 0.25) is 0 Å². The standard InChI is InChI=1S/C21H35N5OS.HI/c1-5-22-21(23-15-17(2)28-19-9-7-6-8-10-19)24-18-11-13-26(14-12-18)16-20(27)25(3)4;/h6-10,17-18H,5,11-16H2,1-4H3,(H2,22,23,24);1H. The number of likely N-dealkylation sites (N-methyl/N-ethyl adjacent to an activating group) is 1. The molecule has 1 saturated heterocycles. The Morgan fingerprint density at radius 3 is 2.52 bits per heavy atom. The molecule has 8 heteroatoms. The van der Waals surface area contributed by atoms with Gasteiger partial charge in [-0.05, 0) is 31.9 Å². The van der Waals surface area contributed by atoms with Crippen LogP contribution in [0.25, 0.3) is 0 Å². The first kappa shape index (κ1) is 26.0. The Morgan fingerprint density at radius 1 is 1.28 bits per heavy atom. The summed E-state index contributed by atoms with van der Waals surface area (Å²) in [5.74, 6) is 1.07. The van der Waals surface area contributed by atoms with E-state index in [9.17, 15) is 4.79 Å². The van der Waals surface area contributed by atoms with Gasteiger partial charge >= 0.3 is 0 Å². The zero-order valence-electron chi connectivity index (χ0n) is 18.1. The molecule has 1 aromatic rings. The van der Waals surface area contributed by atoms with Gasteiger partial charge in [0.25, 0.3) is 0 Å². The molecule has 1 aliphatic heterocycles. The number of nitrogens with one attached hydrogen (secondary N) is 2. The monoisotopic (exact) mass is 533 g/mol. The van der Waals surface area contributed by atoms with Crippen molar-refractivity contribution in [1.29, 1.82) is 0 Å². The number of thioether (sulfide) groups is 1. The van der Waals surface area contributed by atoms with E-state index in [0.717, 1.165) is 45.0 Å². The second-order valence-corrected chi connectivity index (χ2v) is 8.96. The van der Waals surface area contributed by atoms with Crippen LogP contribution in [0.1, 0.15) is 26.7 Å². The van der Waals surface area contributed by atoms with E-state index in [1.807, 2.05) is 31.9 Å². The Labute approximate surface area is 197 Å². The van der Waals surface area contributed by atoms with Crippen LogP contribution in [0.5, 0.6) is 0 Å². The summed E-state index contributed by atoms with van der Waals surface area (Å²) in [7, 11) is 3.62.